The van der Waals surface area contributed by atoms with E-state index in [-0.39, 0.29) is 0 Å². The molecule has 0 saturated carbocycles. The number of nitrogens with one attached hydrogen (secondary N) is 1. The van der Waals surface area contributed by atoms with E-state index >= 15 is 0 Å². The van der Waals surface area contributed by atoms with E-state index in [1.165, 1.54) is 6.92 Å². The van der Waals surface area contributed by atoms with E-state index in [2.05, 4.69) is 15.5 Å². The van der Waals surface area contributed by atoms with Crippen LogP contribution >= 0.6 is 11.6 Å². The highest BCUT2D eigenvalue weighted by Crippen LogP contribution is 2.38. The van der Waals surface area contributed by atoms with Crippen molar-refractivity contribution in [2.45, 2.75) is 40.7 Å². The molecule has 0 saturated heterocycles. The normalized spacial score (nSPS) is 11.7. The zero-order valence-electron chi connectivity index (χ0n) is 20.0. The molecule has 1 atom stereocenters. The van der Waals surface area contributed by atoms with Crippen molar-refractivity contribution >= 4 is 34.7 Å². The summed E-state index contributed by atoms with van der Waals surface area (Å²) in [6.07, 6.45) is 0. The van der Waals surface area contributed by atoms with Gasteiger partial charge >= 0.3 is 0 Å². The van der Waals surface area contributed by atoms with Gasteiger partial charge < -0.3 is 24.3 Å². The number of azo groups is 1. The lowest BCUT2D eigenvalue weighted by Gasteiger charge is -2.15. The van der Waals surface area contributed by atoms with E-state index in [9.17, 15) is 9.59 Å². The third kappa shape index (κ3) is 7.34. The number of rotatable bonds is 13. The van der Waals surface area contributed by atoms with Crippen LogP contribution in [0.1, 0.15) is 34.6 Å². The summed E-state index contributed by atoms with van der Waals surface area (Å²) in [5, 5.41) is 11.1. The summed E-state index contributed by atoms with van der Waals surface area (Å²) < 4.78 is 22.1. The van der Waals surface area contributed by atoms with Gasteiger partial charge in [-0.05, 0) is 46.8 Å². The molecule has 0 aliphatic carbocycles. The average Bonchev–Trinajstić information content (AvgIpc) is 2.79. The molecule has 0 radical (unpaired) electrons. The number of benzene rings is 2. The van der Waals surface area contributed by atoms with Crippen molar-refractivity contribution in [2.24, 2.45) is 10.2 Å². The molecule has 1 amide bonds. The smallest absolute Gasteiger partial charge is 0.258 e. The van der Waals surface area contributed by atoms with Crippen molar-refractivity contribution in [3.05, 3.63) is 35.4 Å². The molecule has 34 heavy (non-hydrogen) atoms. The molecule has 184 valence electrons. The zero-order valence-corrected chi connectivity index (χ0v) is 20.8. The van der Waals surface area contributed by atoms with Gasteiger partial charge in [0.25, 0.3) is 5.91 Å². The van der Waals surface area contributed by atoms with Gasteiger partial charge in [-0.25, -0.2) is 0 Å². The molecule has 10 heteroatoms. The first-order valence-corrected chi connectivity index (χ1v) is 11.4. The van der Waals surface area contributed by atoms with Gasteiger partial charge in [-0.3, -0.25) is 9.59 Å². The van der Waals surface area contributed by atoms with Crippen molar-refractivity contribution in [1.29, 1.82) is 0 Å². The minimum absolute atomic E-state index is 0.295. The molecule has 0 aliphatic heterocycles. The van der Waals surface area contributed by atoms with Gasteiger partial charge in [0.15, 0.2) is 5.78 Å². The van der Waals surface area contributed by atoms with Gasteiger partial charge in [0.2, 0.25) is 6.04 Å². The molecule has 1 unspecified atom stereocenters. The van der Waals surface area contributed by atoms with Crippen LogP contribution in [0.25, 0.3) is 0 Å². The van der Waals surface area contributed by atoms with Gasteiger partial charge in [-0.2, -0.15) is 10.2 Å². The lowest BCUT2D eigenvalue weighted by molar-refractivity contribution is -0.126. The zero-order chi connectivity index (χ0) is 25.1. The van der Waals surface area contributed by atoms with Crippen molar-refractivity contribution in [1.82, 2.24) is 0 Å². The Morgan fingerprint density at radius 3 is 1.97 bits per heavy atom. The highest BCUT2D eigenvalue weighted by molar-refractivity contribution is 6.33. The Kier molecular flexibility index (Phi) is 10.6. The van der Waals surface area contributed by atoms with Crippen LogP contribution < -0.4 is 24.3 Å². The van der Waals surface area contributed by atoms with E-state index in [1.54, 1.807) is 30.3 Å². The molecule has 0 fully saturated rings. The second-order valence-electron chi connectivity index (χ2n) is 6.87. The second-order valence-corrected chi connectivity index (χ2v) is 7.24. The number of hydrogen-bond donors (Lipinski definition) is 1. The van der Waals surface area contributed by atoms with Gasteiger partial charge in [0, 0.05) is 23.9 Å². The average molecular weight is 492 g/mol. The molecule has 2 aromatic carbocycles. The van der Waals surface area contributed by atoms with E-state index in [4.69, 9.17) is 30.5 Å². The molecule has 2 rings (SSSR count). The van der Waals surface area contributed by atoms with Crippen LogP contribution in [0, 0.1) is 0 Å². The lowest BCUT2D eigenvalue weighted by atomic mass is 10.2. The van der Waals surface area contributed by atoms with Crippen LogP contribution in [0.2, 0.25) is 5.02 Å². The Bertz CT molecular complexity index is 1000. The van der Waals surface area contributed by atoms with Crippen LogP contribution in [-0.2, 0) is 9.59 Å². The fourth-order valence-electron chi connectivity index (χ4n) is 2.92. The highest BCUT2D eigenvalue weighted by Gasteiger charge is 2.24. The monoisotopic (exact) mass is 491 g/mol. The number of hydrogen-bond acceptors (Lipinski definition) is 8. The van der Waals surface area contributed by atoms with Crippen molar-refractivity contribution < 1.29 is 28.5 Å². The maximum atomic E-state index is 12.9. The molecule has 1 N–H and O–H groups in total. The minimum Gasteiger partial charge on any atom is -0.494 e. The van der Waals surface area contributed by atoms with Crippen LogP contribution in [-0.4, -0.2) is 44.2 Å². The van der Waals surface area contributed by atoms with Crippen LogP contribution in [0.3, 0.4) is 0 Å². The summed E-state index contributed by atoms with van der Waals surface area (Å²) in [6, 6.07) is 6.78. The van der Waals surface area contributed by atoms with Gasteiger partial charge in [0.1, 0.15) is 33.7 Å². The largest absolute Gasteiger partial charge is 0.494 e. The number of ether oxygens (including phenoxy) is 4. The topological polar surface area (TPSA) is 108 Å². The van der Waals surface area contributed by atoms with Crippen LogP contribution in [0.5, 0.6) is 23.0 Å². The second kappa shape index (κ2) is 13.4. The summed E-state index contributed by atoms with van der Waals surface area (Å²) >= 11 is 6.31. The van der Waals surface area contributed by atoms with E-state index < -0.39 is 17.7 Å². The van der Waals surface area contributed by atoms with Gasteiger partial charge in [0.05, 0.1) is 26.4 Å². The van der Waals surface area contributed by atoms with Crippen LogP contribution in [0.4, 0.5) is 11.4 Å². The number of amides is 1. The fraction of sp³-hybridized carbons (Fsp3) is 0.417. The molecule has 0 aliphatic rings. The first-order chi connectivity index (χ1) is 16.3. The predicted molar refractivity (Wildman–Crippen MR) is 130 cm³/mol. The summed E-state index contributed by atoms with van der Waals surface area (Å²) in [4.78, 5) is 25.1. The minimum atomic E-state index is -1.37. The fourth-order valence-corrected chi connectivity index (χ4v) is 3.14. The Morgan fingerprint density at radius 1 is 0.882 bits per heavy atom. The maximum absolute atomic E-state index is 12.9. The molecule has 9 nitrogen and oxygen atoms in total. The number of anilines is 1. The lowest BCUT2D eigenvalue weighted by Crippen LogP contribution is -2.31. The molecular weight excluding hydrogens is 462 g/mol. The third-order valence-electron chi connectivity index (χ3n) is 4.33. The Labute approximate surface area is 204 Å². The number of halogens is 1. The van der Waals surface area contributed by atoms with E-state index in [0.717, 1.165) is 0 Å². The van der Waals surface area contributed by atoms with Crippen molar-refractivity contribution in [3.63, 3.8) is 0 Å². The molecule has 0 spiro atoms. The van der Waals surface area contributed by atoms with E-state index in [0.29, 0.717) is 65.8 Å². The molecule has 0 bridgehead atoms. The quantitative estimate of drug-likeness (QED) is 0.288. The third-order valence-corrected chi connectivity index (χ3v) is 4.70. The Balaban J connectivity index is 2.30. The summed E-state index contributed by atoms with van der Waals surface area (Å²) in [7, 11) is 0. The number of Topliss-reactive ketones (excluding diaryl/α,β-unsaturated/α-hetero) is 1. The molecule has 0 heterocycles. The molecule has 2 aromatic rings. The van der Waals surface area contributed by atoms with Crippen molar-refractivity contribution in [2.75, 3.05) is 31.7 Å². The summed E-state index contributed by atoms with van der Waals surface area (Å²) in [5.41, 5.74) is 0.715. The summed E-state index contributed by atoms with van der Waals surface area (Å²) in [5.74, 6) is 0.606. The van der Waals surface area contributed by atoms with E-state index in [1.807, 2.05) is 27.7 Å². The van der Waals surface area contributed by atoms with Gasteiger partial charge in [-0.1, -0.05) is 11.6 Å². The Hall–Kier alpha value is -3.33. The van der Waals surface area contributed by atoms with Crippen molar-refractivity contribution in [3.8, 4) is 23.0 Å². The van der Waals surface area contributed by atoms with Crippen LogP contribution in [0.15, 0.2) is 40.6 Å². The highest BCUT2D eigenvalue weighted by atomic mass is 35.5. The number of carbonyl (C=O) groups is 2. The first kappa shape index (κ1) is 26.9. The number of nitrogens with zero attached hydrogens (tertiary/aromatic N) is 2. The molecular formula is C24H30ClN3O6. The standard InChI is InChI=1S/C24H30ClN3O6/c1-6-31-17-10-11-18(19(14-17)32-7-2)27-28-23(15(5)29)24(30)26-16-12-20(33-8-3)22(25)21(13-16)34-9-4/h10-14,23H,6-9H2,1-5H3,(H,26,30). The number of carbonyl (C=O) groups excluding carboxylic acids is 2. The SMILES string of the molecule is CCOc1ccc(N=NC(C(C)=O)C(=O)Nc2cc(OCC)c(Cl)c(OCC)c2)c(OCC)c1. The van der Waals surface area contributed by atoms with Gasteiger partial charge in [-0.15, -0.1) is 0 Å². The number of ketones is 1. The maximum Gasteiger partial charge on any atom is 0.258 e. The molecule has 0 aromatic heterocycles. The summed E-state index contributed by atoms with van der Waals surface area (Å²) in [6.45, 7) is 10.2. The first-order valence-electron chi connectivity index (χ1n) is 11.0. The Morgan fingerprint density at radius 2 is 1.44 bits per heavy atom. The predicted octanol–water partition coefficient (Wildman–Crippen LogP) is 5.61.